The Morgan fingerprint density at radius 2 is 2.56 bits per heavy atom. The first kappa shape index (κ1) is 11.6. The number of rotatable bonds is 3. The molecule has 1 saturated heterocycles. The van der Waals surface area contributed by atoms with Gasteiger partial charge in [0.15, 0.2) is 6.39 Å². The van der Waals surface area contributed by atoms with Crippen molar-refractivity contribution in [1.82, 2.24) is 9.88 Å². The minimum absolute atomic E-state index is 0.0212. The van der Waals surface area contributed by atoms with Gasteiger partial charge in [-0.25, -0.2) is 4.98 Å². The maximum Gasteiger partial charge on any atom is 0.291 e. The number of halogens is 1. The third-order valence-electron chi connectivity index (χ3n) is 3.03. The van der Waals surface area contributed by atoms with E-state index >= 15 is 0 Å². The van der Waals surface area contributed by atoms with E-state index in [1.165, 1.54) is 6.39 Å². The highest BCUT2D eigenvalue weighted by molar-refractivity contribution is 9.09. The molecule has 1 aliphatic rings. The summed E-state index contributed by atoms with van der Waals surface area (Å²) >= 11 is 3.43. The fourth-order valence-corrected chi connectivity index (χ4v) is 2.71. The Morgan fingerprint density at radius 1 is 1.75 bits per heavy atom. The topological polar surface area (TPSA) is 46.3 Å². The van der Waals surface area contributed by atoms with Crippen LogP contribution in [0.5, 0.6) is 0 Å². The van der Waals surface area contributed by atoms with E-state index in [0.717, 1.165) is 31.3 Å². The molecule has 1 fully saturated rings. The van der Waals surface area contributed by atoms with Crippen LogP contribution in [0.25, 0.3) is 0 Å². The number of carbonyl (C=O) groups is 1. The quantitative estimate of drug-likeness (QED) is 0.801. The third-order valence-corrected chi connectivity index (χ3v) is 3.49. The van der Waals surface area contributed by atoms with Crippen molar-refractivity contribution in [2.75, 3.05) is 18.4 Å². The maximum atomic E-state index is 12.1. The molecule has 1 aliphatic heterocycles. The smallest absolute Gasteiger partial charge is 0.291 e. The average molecular weight is 287 g/mol. The van der Waals surface area contributed by atoms with Crippen LogP contribution in [0.3, 0.4) is 0 Å². The molecule has 1 aromatic rings. The van der Waals surface area contributed by atoms with Crippen LogP contribution in [0, 0.1) is 12.8 Å². The molecule has 5 heteroatoms. The first-order valence-electron chi connectivity index (χ1n) is 5.47. The zero-order valence-electron chi connectivity index (χ0n) is 9.28. The monoisotopic (exact) mass is 286 g/mol. The van der Waals surface area contributed by atoms with Crippen LogP contribution in [0.1, 0.15) is 29.1 Å². The summed E-state index contributed by atoms with van der Waals surface area (Å²) in [5.74, 6) is 0.984. The molecule has 0 bridgehead atoms. The minimum Gasteiger partial charge on any atom is -0.438 e. The van der Waals surface area contributed by atoms with Gasteiger partial charge in [-0.15, -0.1) is 0 Å². The van der Waals surface area contributed by atoms with Gasteiger partial charge in [-0.2, -0.15) is 0 Å². The molecule has 4 nitrogen and oxygen atoms in total. The van der Waals surface area contributed by atoms with Crippen molar-refractivity contribution in [1.29, 1.82) is 0 Å². The van der Waals surface area contributed by atoms with Gasteiger partial charge in [0.1, 0.15) is 0 Å². The van der Waals surface area contributed by atoms with Crippen LogP contribution in [0.4, 0.5) is 0 Å². The number of aryl methyl sites for hydroxylation is 1. The third kappa shape index (κ3) is 2.29. The highest BCUT2D eigenvalue weighted by atomic mass is 79.9. The van der Waals surface area contributed by atoms with Crippen LogP contribution in [0.2, 0.25) is 0 Å². The van der Waals surface area contributed by atoms with Crippen LogP contribution in [-0.4, -0.2) is 34.2 Å². The molecule has 1 unspecified atom stereocenters. The van der Waals surface area contributed by atoms with E-state index in [-0.39, 0.29) is 5.91 Å². The first-order valence-corrected chi connectivity index (χ1v) is 6.60. The number of nitrogens with zero attached hydrogens (tertiary/aromatic N) is 2. The molecule has 0 saturated carbocycles. The lowest BCUT2D eigenvalue weighted by Crippen LogP contribution is -2.28. The number of aromatic nitrogens is 1. The second kappa shape index (κ2) is 4.99. The van der Waals surface area contributed by atoms with Gasteiger partial charge in [0, 0.05) is 18.4 Å². The fraction of sp³-hybridized carbons (Fsp3) is 0.636. The van der Waals surface area contributed by atoms with Gasteiger partial charge in [-0.05, 0) is 25.7 Å². The molecule has 0 N–H and O–H groups in total. The molecule has 1 amide bonds. The SMILES string of the molecule is Cc1ncoc1C(=O)N1CCC(CCBr)C1. The summed E-state index contributed by atoms with van der Waals surface area (Å²) < 4.78 is 5.12. The molecular formula is C11H15BrN2O2. The molecule has 1 atom stereocenters. The summed E-state index contributed by atoms with van der Waals surface area (Å²) in [6, 6.07) is 0. The number of hydrogen-bond acceptors (Lipinski definition) is 3. The molecular weight excluding hydrogens is 272 g/mol. The lowest BCUT2D eigenvalue weighted by atomic mass is 10.1. The van der Waals surface area contributed by atoms with Crippen molar-refractivity contribution in [3.63, 3.8) is 0 Å². The maximum absolute atomic E-state index is 12.1. The molecule has 0 aromatic carbocycles. The Hall–Kier alpha value is -0.840. The van der Waals surface area contributed by atoms with Crippen LogP contribution in [0.15, 0.2) is 10.8 Å². The van der Waals surface area contributed by atoms with Gasteiger partial charge in [-0.3, -0.25) is 4.79 Å². The molecule has 88 valence electrons. The molecule has 2 heterocycles. The summed E-state index contributed by atoms with van der Waals surface area (Å²) in [6.07, 6.45) is 3.54. The van der Waals surface area contributed by atoms with Gasteiger partial charge >= 0.3 is 0 Å². The Kier molecular flexibility index (Phi) is 3.63. The van der Waals surface area contributed by atoms with Crippen LogP contribution >= 0.6 is 15.9 Å². The Balaban J connectivity index is 2.00. The summed E-state index contributed by atoms with van der Waals surface area (Å²) in [6.45, 7) is 3.46. The molecule has 0 radical (unpaired) electrons. The highest BCUT2D eigenvalue weighted by Crippen LogP contribution is 2.22. The van der Waals surface area contributed by atoms with E-state index in [1.807, 2.05) is 4.90 Å². The number of oxazole rings is 1. The number of carbonyl (C=O) groups excluding carboxylic acids is 1. The normalized spacial score (nSPS) is 20.4. The van der Waals surface area contributed by atoms with Crippen LogP contribution < -0.4 is 0 Å². The second-order valence-corrected chi connectivity index (χ2v) is 4.94. The lowest BCUT2D eigenvalue weighted by molar-refractivity contribution is 0.0754. The zero-order valence-corrected chi connectivity index (χ0v) is 10.9. The van der Waals surface area contributed by atoms with Crippen molar-refractivity contribution in [2.24, 2.45) is 5.92 Å². The fourth-order valence-electron chi connectivity index (χ4n) is 2.06. The van der Waals surface area contributed by atoms with E-state index < -0.39 is 0 Å². The largest absolute Gasteiger partial charge is 0.438 e. The predicted octanol–water partition coefficient (Wildman–Crippen LogP) is 2.23. The van der Waals surface area contributed by atoms with Gasteiger partial charge in [0.2, 0.25) is 5.76 Å². The van der Waals surface area contributed by atoms with E-state index in [4.69, 9.17) is 4.42 Å². The molecule has 0 spiro atoms. The van der Waals surface area contributed by atoms with Gasteiger partial charge < -0.3 is 9.32 Å². The summed E-state index contributed by atoms with van der Waals surface area (Å²) in [5.41, 5.74) is 0.675. The Morgan fingerprint density at radius 3 is 3.19 bits per heavy atom. The number of amides is 1. The summed E-state index contributed by atoms with van der Waals surface area (Å²) in [7, 11) is 0. The average Bonchev–Trinajstić information content (AvgIpc) is 2.87. The highest BCUT2D eigenvalue weighted by Gasteiger charge is 2.28. The lowest BCUT2D eigenvalue weighted by Gasteiger charge is -2.14. The Labute approximate surface area is 103 Å². The van der Waals surface area contributed by atoms with Gasteiger partial charge in [-0.1, -0.05) is 15.9 Å². The number of hydrogen-bond donors (Lipinski definition) is 0. The van der Waals surface area contributed by atoms with Crippen molar-refractivity contribution in [2.45, 2.75) is 19.8 Å². The standard InChI is InChI=1S/C11H15BrN2O2/c1-8-10(16-7-13-8)11(15)14-5-3-9(6-14)2-4-12/h7,9H,2-6H2,1H3. The molecule has 0 aliphatic carbocycles. The molecule has 1 aromatic heterocycles. The Bertz CT molecular complexity index is 378. The zero-order chi connectivity index (χ0) is 11.5. The minimum atomic E-state index is -0.0212. The number of alkyl halides is 1. The summed E-state index contributed by atoms with van der Waals surface area (Å²) in [4.78, 5) is 17.9. The van der Waals surface area contributed by atoms with E-state index in [2.05, 4.69) is 20.9 Å². The summed E-state index contributed by atoms with van der Waals surface area (Å²) in [5, 5.41) is 1.00. The van der Waals surface area contributed by atoms with Crippen molar-refractivity contribution >= 4 is 21.8 Å². The van der Waals surface area contributed by atoms with Crippen LogP contribution in [-0.2, 0) is 0 Å². The number of likely N-dealkylation sites (tertiary alicyclic amines) is 1. The van der Waals surface area contributed by atoms with E-state index in [1.54, 1.807) is 6.92 Å². The van der Waals surface area contributed by atoms with Crippen molar-refractivity contribution in [3.05, 3.63) is 17.8 Å². The van der Waals surface area contributed by atoms with Gasteiger partial charge in [0.25, 0.3) is 5.91 Å². The van der Waals surface area contributed by atoms with E-state index in [9.17, 15) is 4.79 Å². The van der Waals surface area contributed by atoms with Gasteiger partial charge in [0.05, 0.1) is 5.69 Å². The van der Waals surface area contributed by atoms with Crippen molar-refractivity contribution < 1.29 is 9.21 Å². The van der Waals surface area contributed by atoms with E-state index in [0.29, 0.717) is 17.4 Å². The van der Waals surface area contributed by atoms with Crippen molar-refractivity contribution in [3.8, 4) is 0 Å². The first-order chi connectivity index (χ1) is 7.72. The molecule has 2 rings (SSSR count). The second-order valence-electron chi connectivity index (χ2n) is 4.15. The molecule has 16 heavy (non-hydrogen) atoms. The predicted molar refractivity (Wildman–Crippen MR) is 63.7 cm³/mol.